The predicted octanol–water partition coefficient (Wildman–Crippen LogP) is -1.05. The Kier molecular flexibility index (Phi) is 4.48. The highest BCUT2D eigenvalue weighted by Crippen LogP contribution is 1.72. The standard InChI is InChI=1S/C2H3N5O5/c8-6(9)2-5-12-4-1-3-7(10)11/h1-2H,(H,3,4)/b5-2+. The lowest BCUT2D eigenvalue weighted by Gasteiger charge is -1.81. The van der Waals surface area contributed by atoms with E-state index in [9.17, 15) is 20.2 Å². The fourth-order valence-corrected chi connectivity index (χ4v) is 0.181. The van der Waals surface area contributed by atoms with Crippen LogP contribution in [0.15, 0.2) is 10.3 Å². The molecule has 0 aliphatic carbocycles. The molecule has 0 bridgehead atoms. The van der Waals surface area contributed by atoms with Crippen molar-refractivity contribution in [2.24, 2.45) is 10.3 Å². The summed E-state index contributed by atoms with van der Waals surface area (Å²) in [5.41, 5.74) is 1.50. The molecule has 0 spiro atoms. The van der Waals surface area contributed by atoms with Crippen molar-refractivity contribution in [3.8, 4) is 0 Å². The van der Waals surface area contributed by atoms with Gasteiger partial charge in [0, 0.05) is 0 Å². The van der Waals surface area contributed by atoms with Crippen LogP contribution in [0.4, 0.5) is 0 Å². The van der Waals surface area contributed by atoms with Crippen molar-refractivity contribution in [1.82, 2.24) is 5.43 Å². The van der Waals surface area contributed by atoms with E-state index >= 15 is 0 Å². The van der Waals surface area contributed by atoms with Crippen LogP contribution in [-0.4, -0.2) is 22.6 Å². The first kappa shape index (κ1) is 9.74. The highest BCUT2D eigenvalue weighted by molar-refractivity contribution is 5.51. The van der Waals surface area contributed by atoms with Crippen molar-refractivity contribution >= 4 is 12.7 Å². The van der Waals surface area contributed by atoms with E-state index in [1.165, 1.54) is 5.43 Å². The van der Waals surface area contributed by atoms with E-state index < -0.39 is 9.96 Å². The van der Waals surface area contributed by atoms with Crippen molar-refractivity contribution in [2.45, 2.75) is 0 Å². The minimum atomic E-state index is -0.899. The van der Waals surface area contributed by atoms with Crippen LogP contribution in [0.25, 0.3) is 0 Å². The van der Waals surface area contributed by atoms with Gasteiger partial charge in [0.2, 0.25) is 0 Å². The van der Waals surface area contributed by atoms with Crippen molar-refractivity contribution in [2.75, 3.05) is 0 Å². The van der Waals surface area contributed by atoms with Gasteiger partial charge in [-0.15, -0.1) is 4.94 Å². The summed E-state index contributed by atoms with van der Waals surface area (Å²) in [6.07, 6.45) is 0.806. The number of nitrogens with one attached hydrogen (secondary N) is 1. The van der Waals surface area contributed by atoms with Crippen molar-refractivity contribution in [1.29, 1.82) is 0 Å². The first-order valence-electron chi connectivity index (χ1n) is 2.38. The van der Waals surface area contributed by atoms with Crippen LogP contribution >= 0.6 is 0 Å². The fraction of sp³-hybridized carbons (Fsp3) is 0. The van der Waals surface area contributed by atoms with E-state index in [4.69, 9.17) is 0 Å². The number of oxime groups is 2. The van der Waals surface area contributed by atoms with Gasteiger partial charge in [-0.05, 0) is 10.1 Å². The van der Waals surface area contributed by atoms with Crippen LogP contribution in [0.1, 0.15) is 0 Å². The third-order valence-electron chi connectivity index (χ3n) is 0.452. The molecule has 0 aromatic heterocycles. The SMILES string of the molecule is O=[N+]([O-])/C=N/O/N=C/N[N+](=O)[O-]. The lowest BCUT2D eigenvalue weighted by molar-refractivity contribution is -0.523. The Bertz CT molecular complexity index is 222. The predicted molar refractivity (Wildman–Crippen MR) is 35.2 cm³/mol. The summed E-state index contributed by atoms with van der Waals surface area (Å²) < 4.78 is 0. The van der Waals surface area contributed by atoms with Gasteiger partial charge in [0.05, 0.1) is 0 Å². The van der Waals surface area contributed by atoms with Gasteiger partial charge < -0.3 is 10.1 Å². The van der Waals surface area contributed by atoms with Gasteiger partial charge in [0.15, 0.2) is 16.5 Å². The van der Waals surface area contributed by atoms with Crippen LogP contribution in [0.2, 0.25) is 0 Å². The first-order chi connectivity index (χ1) is 5.63. The monoisotopic (exact) mass is 177 g/mol. The number of hydrogen-bond acceptors (Lipinski definition) is 7. The molecule has 66 valence electrons. The van der Waals surface area contributed by atoms with E-state index in [-0.39, 0.29) is 6.34 Å². The summed E-state index contributed by atoms with van der Waals surface area (Å²) >= 11 is 0. The van der Waals surface area contributed by atoms with E-state index in [0.717, 1.165) is 0 Å². The van der Waals surface area contributed by atoms with Crippen LogP contribution in [0, 0.1) is 20.2 Å². The second-order valence-corrected chi connectivity index (χ2v) is 1.21. The van der Waals surface area contributed by atoms with E-state index in [1.807, 2.05) is 0 Å². The van der Waals surface area contributed by atoms with Crippen molar-refractivity contribution < 1.29 is 14.9 Å². The molecule has 12 heavy (non-hydrogen) atoms. The van der Waals surface area contributed by atoms with Crippen LogP contribution in [0.5, 0.6) is 0 Å². The summed E-state index contributed by atoms with van der Waals surface area (Å²) in [6, 6.07) is 0. The number of nitro groups is 2. The van der Waals surface area contributed by atoms with E-state index in [1.54, 1.807) is 0 Å². The number of rotatable bonds is 5. The number of hydrazine groups is 1. The Morgan fingerprint density at radius 3 is 2.50 bits per heavy atom. The molecule has 0 atom stereocenters. The summed E-state index contributed by atoms with van der Waals surface area (Å²) in [5, 5.41) is 23.7. The Labute approximate surface area is 64.7 Å². The van der Waals surface area contributed by atoms with Gasteiger partial charge in [-0.3, -0.25) is 0 Å². The molecule has 0 heterocycles. The van der Waals surface area contributed by atoms with E-state index in [2.05, 4.69) is 15.2 Å². The zero-order valence-electron chi connectivity index (χ0n) is 5.48. The summed E-state index contributed by atoms with van der Waals surface area (Å²) in [5.74, 6) is 0. The lowest BCUT2D eigenvalue weighted by Crippen LogP contribution is -2.18. The molecule has 10 nitrogen and oxygen atoms in total. The molecule has 0 amide bonds. The van der Waals surface area contributed by atoms with Gasteiger partial charge >= 0.3 is 6.34 Å². The second kappa shape index (κ2) is 5.52. The third kappa shape index (κ3) is 7.74. The van der Waals surface area contributed by atoms with Crippen LogP contribution < -0.4 is 5.43 Å². The molecule has 0 aromatic rings. The van der Waals surface area contributed by atoms with E-state index in [0.29, 0.717) is 6.34 Å². The fourth-order valence-electron chi connectivity index (χ4n) is 0.181. The molecule has 0 aromatic carbocycles. The normalized spacial score (nSPS) is 10.3. The summed E-state index contributed by atoms with van der Waals surface area (Å²) in [4.78, 5) is 22.0. The minimum Gasteiger partial charge on any atom is -0.358 e. The quantitative estimate of drug-likeness (QED) is 0.246. The molecular formula is C2H3N5O5. The average Bonchev–Trinajstić information content (AvgIpc) is 1.95. The molecule has 1 N–H and O–H groups in total. The van der Waals surface area contributed by atoms with Crippen LogP contribution in [-0.2, 0) is 4.94 Å². The number of nitrogens with zero attached hydrogens (tertiary/aromatic N) is 4. The Morgan fingerprint density at radius 2 is 2.00 bits per heavy atom. The molecule has 10 heteroatoms. The maximum atomic E-state index is 9.54. The number of hydrogen-bond donors (Lipinski definition) is 1. The second-order valence-electron chi connectivity index (χ2n) is 1.21. The van der Waals surface area contributed by atoms with Crippen LogP contribution in [0.3, 0.4) is 0 Å². The molecule has 0 aliphatic heterocycles. The van der Waals surface area contributed by atoms with Gasteiger partial charge in [0.1, 0.15) is 0 Å². The largest absolute Gasteiger partial charge is 0.376 e. The zero-order chi connectivity index (χ0) is 9.40. The maximum absolute atomic E-state index is 9.54. The Morgan fingerprint density at radius 1 is 1.33 bits per heavy atom. The highest BCUT2D eigenvalue weighted by atomic mass is 16.8. The minimum absolute atomic E-state index is 0.240. The smallest absolute Gasteiger partial charge is 0.358 e. The molecule has 0 saturated heterocycles. The van der Waals surface area contributed by atoms with Crippen molar-refractivity contribution in [3.63, 3.8) is 0 Å². The average molecular weight is 177 g/mol. The van der Waals surface area contributed by atoms with Gasteiger partial charge in [-0.25, -0.2) is 10.1 Å². The van der Waals surface area contributed by atoms with Gasteiger partial charge in [-0.1, -0.05) is 5.43 Å². The summed E-state index contributed by atoms with van der Waals surface area (Å²) in [7, 11) is 0. The van der Waals surface area contributed by atoms with Gasteiger partial charge in [-0.2, -0.15) is 0 Å². The molecule has 0 rings (SSSR count). The molecule has 0 saturated carbocycles. The lowest BCUT2D eigenvalue weighted by atomic mass is 11.3. The highest BCUT2D eigenvalue weighted by Gasteiger charge is 1.87. The zero-order valence-corrected chi connectivity index (χ0v) is 5.48. The third-order valence-corrected chi connectivity index (χ3v) is 0.452. The maximum Gasteiger partial charge on any atom is 0.376 e. The molecule has 0 aliphatic rings. The Balaban J connectivity index is 3.49. The van der Waals surface area contributed by atoms with Crippen molar-refractivity contribution in [3.05, 3.63) is 20.2 Å². The molecular weight excluding hydrogens is 174 g/mol. The molecule has 0 fully saturated rings. The molecule has 0 radical (unpaired) electrons. The summed E-state index contributed by atoms with van der Waals surface area (Å²) in [6.45, 7) is 0. The topological polar surface area (TPSA) is 132 Å². The first-order valence-corrected chi connectivity index (χ1v) is 2.38. The van der Waals surface area contributed by atoms with Gasteiger partial charge in [0.25, 0.3) is 0 Å². The molecule has 0 unspecified atom stereocenters. The Hall–Kier alpha value is -2.26.